The summed E-state index contributed by atoms with van der Waals surface area (Å²) in [5.41, 5.74) is 1.44. The van der Waals surface area contributed by atoms with Crippen LogP contribution in [0.1, 0.15) is 26.7 Å². The monoisotopic (exact) mass is 164 g/mol. The number of rotatable bonds is 2. The molecule has 0 amide bonds. The molecule has 0 unspecified atom stereocenters. The second-order valence-electron chi connectivity index (χ2n) is 4.20. The lowest BCUT2D eigenvalue weighted by Crippen LogP contribution is -2.30. The molecule has 1 saturated carbocycles. The van der Waals surface area contributed by atoms with Crippen LogP contribution in [0, 0.1) is 11.3 Å². The summed E-state index contributed by atoms with van der Waals surface area (Å²) in [7, 11) is 0. The molecule has 0 aromatic carbocycles. The number of hydrogen-bond donors (Lipinski definition) is 1. The Morgan fingerprint density at radius 2 is 2.17 bits per heavy atom. The third kappa shape index (κ3) is 0.977. The van der Waals surface area contributed by atoms with Gasteiger partial charge in [-0.05, 0) is 18.8 Å². The first-order valence-electron chi connectivity index (χ1n) is 4.65. The second-order valence-corrected chi connectivity index (χ2v) is 4.20. The van der Waals surface area contributed by atoms with Gasteiger partial charge in [0.25, 0.3) is 0 Å². The highest BCUT2D eigenvalue weighted by atomic mass is 15.1. The standard InChI is InChI=1S/C10H16N2/c1-7(2)10(4-5-10)9-11-6-8(3)12-9/h7H,3-6H2,1-2H3,(H,11,12). The minimum absolute atomic E-state index is 0.388. The van der Waals surface area contributed by atoms with Gasteiger partial charge in [0.15, 0.2) is 0 Å². The fourth-order valence-electron chi connectivity index (χ4n) is 1.93. The molecule has 1 fully saturated rings. The van der Waals surface area contributed by atoms with Crippen LogP contribution in [0.3, 0.4) is 0 Å². The molecule has 0 bridgehead atoms. The van der Waals surface area contributed by atoms with E-state index in [0.29, 0.717) is 11.3 Å². The first kappa shape index (κ1) is 7.84. The average Bonchev–Trinajstić information content (AvgIpc) is 2.71. The Bertz CT molecular complexity index is 247. The van der Waals surface area contributed by atoms with Crippen LogP contribution >= 0.6 is 0 Å². The normalized spacial score (nSPS) is 25.6. The van der Waals surface area contributed by atoms with Crippen LogP contribution in [-0.4, -0.2) is 12.4 Å². The maximum absolute atomic E-state index is 4.48. The molecule has 0 saturated heterocycles. The van der Waals surface area contributed by atoms with Gasteiger partial charge >= 0.3 is 0 Å². The van der Waals surface area contributed by atoms with E-state index in [0.717, 1.165) is 12.2 Å². The van der Waals surface area contributed by atoms with Crippen molar-refractivity contribution in [2.24, 2.45) is 16.3 Å². The van der Waals surface area contributed by atoms with Crippen LogP contribution in [-0.2, 0) is 0 Å². The van der Waals surface area contributed by atoms with Gasteiger partial charge in [-0.3, -0.25) is 4.99 Å². The van der Waals surface area contributed by atoms with Crippen molar-refractivity contribution >= 4 is 5.84 Å². The number of hydrogen-bond acceptors (Lipinski definition) is 2. The zero-order valence-electron chi connectivity index (χ0n) is 7.85. The maximum Gasteiger partial charge on any atom is 0.107 e. The SMILES string of the molecule is C=C1CN=C(C2(C(C)C)CC2)N1. The van der Waals surface area contributed by atoms with Gasteiger partial charge < -0.3 is 5.32 Å². The highest BCUT2D eigenvalue weighted by Gasteiger charge is 2.50. The van der Waals surface area contributed by atoms with E-state index in [-0.39, 0.29) is 0 Å². The fourth-order valence-corrected chi connectivity index (χ4v) is 1.93. The zero-order chi connectivity index (χ0) is 8.77. The minimum atomic E-state index is 0.388. The van der Waals surface area contributed by atoms with Gasteiger partial charge in [-0.15, -0.1) is 0 Å². The topological polar surface area (TPSA) is 24.4 Å². The summed E-state index contributed by atoms with van der Waals surface area (Å²) < 4.78 is 0. The Kier molecular flexibility index (Phi) is 1.53. The molecule has 2 rings (SSSR count). The number of nitrogens with zero attached hydrogens (tertiary/aromatic N) is 1. The first-order valence-corrected chi connectivity index (χ1v) is 4.65. The molecular weight excluding hydrogens is 148 g/mol. The Labute approximate surface area is 73.8 Å². The molecule has 2 heteroatoms. The summed E-state index contributed by atoms with van der Waals surface area (Å²) in [6, 6.07) is 0. The summed E-state index contributed by atoms with van der Waals surface area (Å²) in [6.45, 7) is 9.21. The molecule has 2 aliphatic rings. The lowest BCUT2D eigenvalue weighted by atomic mass is 9.91. The quantitative estimate of drug-likeness (QED) is 0.662. The number of aliphatic imine (C=N–C) groups is 1. The van der Waals surface area contributed by atoms with Crippen LogP contribution in [0.15, 0.2) is 17.3 Å². The molecule has 1 N–H and O–H groups in total. The average molecular weight is 164 g/mol. The summed E-state index contributed by atoms with van der Waals surface area (Å²) in [6.07, 6.45) is 2.59. The van der Waals surface area contributed by atoms with Gasteiger partial charge in [0.05, 0.1) is 6.54 Å². The van der Waals surface area contributed by atoms with Crippen molar-refractivity contribution in [3.63, 3.8) is 0 Å². The molecule has 2 nitrogen and oxygen atoms in total. The Morgan fingerprint density at radius 3 is 2.50 bits per heavy atom. The van der Waals surface area contributed by atoms with E-state index < -0.39 is 0 Å². The van der Waals surface area contributed by atoms with Crippen molar-refractivity contribution in [3.05, 3.63) is 12.3 Å². The van der Waals surface area contributed by atoms with Crippen molar-refractivity contribution < 1.29 is 0 Å². The molecule has 1 heterocycles. The molecule has 12 heavy (non-hydrogen) atoms. The van der Waals surface area contributed by atoms with E-state index in [1.165, 1.54) is 18.7 Å². The van der Waals surface area contributed by atoms with E-state index in [1.807, 2.05) is 0 Å². The fraction of sp³-hybridized carbons (Fsp3) is 0.700. The number of nitrogens with one attached hydrogen (secondary N) is 1. The van der Waals surface area contributed by atoms with Gasteiger partial charge in [-0.25, -0.2) is 0 Å². The van der Waals surface area contributed by atoms with E-state index in [2.05, 4.69) is 30.7 Å². The van der Waals surface area contributed by atoms with Gasteiger partial charge in [-0.1, -0.05) is 20.4 Å². The molecule has 0 spiro atoms. The summed E-state index contributed by atoms with van der Waals surface area (Å²) >= 11 is 0. The maximum atomic E-state index is 4.48. The molecule has 0 aromatic heterocycles. The highest BCUT2D eigenvalue weighted by Crippen LogP contribution is 2.53. The van der Waals surface area contributed by atoms with E-state index >= 15 is 0 Å². The zero-order valence-corrected chi connectivity index (χ0v) is 7.85. The summed E-state index contributed by atoms with van der Waals surface area (Å²) in [5, 5.41) is 3.29. The molecule has 0 radical (unpaired) electrons. The molecule has 0 aromatic rings. The van der Waals surface area contributed by atoms with E-state index in [1.54, 1.807) is 0 Å². The predicted octanol–water partition coefficient (Wildman–Crippen LogP) is 1.94. The van der Waals surface area contributed by atoms with Crippen LogP contribution in [0.2, 0.25) is 0 Å². The van der Waals surface area contributed by atoms with Crippen LogP contribution in [0.25, 0.3) is 0 Å². The van der Waals surface area contributed by atoms with E-state index in [9.17, 15) is 0 Å². The lowest BCUT2D eigenvalue weighted by molar-refractivity contribution is 0.471. The van der Waals surface area contributed by atoms with Crippen molar-refractivity contribution in [1.82, 2.24) is 5.32 Å². The van der Waals surface area contributed by atoms with Gasteiger partial charge in [-0.2, -0.15) is 0 Å². The van der Waals surface area contributed by atoms with Crippen LogP contribution in [0.4, 0.5) is 0 Å². The predicted molar refractivity (Wildman–Crippen MR) is 51.1 cm³/mol. The van der Waals surface area contributed by atoms with E-state index in [4.69, 9.17) is 0 Å². The van der Waals surface area contributed by atoms with Crippen molar-refractivity contribution in [2.75, 3.05) is 6.54 Å². The Hall–Kier alpha value is -0.790. The molecular formula is C10H16N2. The van der Waals surface area contributed by atoms with Gasteiger partial charge in [0.1, 0.15) is 5.84 Å². The second kappa shape index (κ2) is 2.35. The third-order valence-electron chi connectivity index (χ3n) is 3.09. The molecule has 1 aliphatic heterocycles. The highest BCUT2D eigenvalue weighted by molar-refractivity contribution is 5.93. The number of amidine groups is 1. The summed E-state index contributed by atoms with van der Waals surface area (Å²) in [5.74, 6) is 1.90. The lowest BCUT2D eigenvalue weighted by Gasteiger charge is -2.19. The molecule has 0 atom stereocenters. The van der Waals surface area contributed by atoms with Crippen LogP contribution < -0.4 is 5.32 Å². The smallest absolute Gasteiger partial charge is 0.107 e. The van der Waals surface area contributed by atoms with Crippen molar-refractivity contribution in [1.29, 1.82) is 0 Å². The van der Waals surface area contributed by atoms with Gasteiger partial charge in [0.2, 0.25) is 0 Å². The van der Waals surface area contributed by atoms with Crippen LogP contribution in [0.5, 0.6) is 0 Å². The van der Waals surface area contributed by atoms with Crippen molar-refractivity contribution in [3.8, 4) is 0 Å². The molecule has 66 valence electrons. The molecule has 1 aliphatic carbocycles. The first-order chi connectivity index (χ1) is 5.65. The third-order valence-corrected chi connectivity index (χ3v) is 3.09. The largest absolute Gasteiger partial charge is 0.346 e. The summed E-state index contributed by atoms with van der Waals surface area (Å²) in [4.78, 5) is 4.48. The Morgan fingerprint density at radius 1 is 1.50 bits per heavy atom. The Balaban J connectivity index is 2.15. The van der Waals surface area contributed by atoms with Gasteiger partial charge in [0, 0.05) is 11.1 Å². The minimum Gasteiger partial charge on any atom is -0.346 e. The van der Waals surface area contributed by atoms with Crippen molar-refractivity contribution in [2.45, 2.75) is 26.7 Å².